The first-order valence-corrected chi connectivity index (χ1v) is 8.72. The number of benzene rings is 1. The van der Waals surface area contributed by atoms with Crippen LogP contribution in [0.1, 0.15) is 37.4 Å². The van der Waals surface area contributed by atoms with Crippen molar-refractivity contribution in [2.24, 2.45) is 11.7 Å². The second-order valence-corrected chi connectivity index (χ2v) is 6.77. The van der Waals surface area contributed by atoms with E-state index in [1.165, 1.54) is 19.3 Å². The van der Waals surface area contributed by atoms with E-state index in [0.717, 1.165) is 46.9 Å². The zero-order chi connectivity index (χ0) is 16.5. The molecule has 0 saturated heterocycles. The van der Waals surface area contributed by atoms with Crippen LogP contribution in [0.4, 0.5) is 0 Å². The van der Waals surface area contributed by atoms with Crippen molar-refractivity contribution in [3.63, 3.8) is 0 Å². The maximum atomic E-state index is 5.60. The molecule has 24 heavy (non-hydrogen) atoms. The summed E-state index contributed by atoms with van der Waals surface area (Å²) in [6.45, 7) is 2.85. The summed E-state index contributed by atoms with van der Waals surface area (Å²) in [6.07, 6.45) is 8.79. The fourth-order valence-electron chi connectivity index (χ4n) is 3.57. The van der Waals surface area contributed by atoms with Crippen LogP contribution < -0.4 is 5.73 Å². The van der Waals surface area contributed by atoms with E-state index >= 15 is 0 Å². The van der Waals surface area contributed by atoms with Crippen molar-refractivity contribution in [3.05, 3.63) is 42.4 Å². The van der Waals surface area contributed by atoms with Crippen molar-refractivity contribution in [2.45, 2.75) is 38.6 Å². The second kappa shape index (κ2) is 6.32. The number of hydrogen-bond acceptors (Lipinski definition) is 4. The molecule has 3 aromatic rings. The molecule has 5 nitrogen and oxygen atoms in total. The van der Waals surface area contributed by atoms with Crippen LogP contribution >= 0.6 is 0 Å². The van der Waals surface area contributed by atoms with Gasteiger partial charge in [-0.05, 0) is 57.2 Å². The molecule has 124 valence electrons. The highest BCUT2D eigenvalue weighted by atomic mass is 15.3. The quantitative estimate of drug-likeness (QED) is 0.781. The first-order chi connectivity index (χ1) is 11.7. The molecule has 1 fully saturated rings. The topological polar surface area (TPSA) is 69.6 Å². The Morgan fingerprint density at radius 2 is 2.00 bits per heavy atom. The lowest BCUT2D eigenvalue weighted by Crippen LogP contribution is -2.27. The van der Waals surface area contributed by atoms with Crippen molar-refractivity contribution in [3.8, 4) is 11.3 Å². The Kier molecular flexibility index (Phi) is 4.02. The molecular weight excluding hydrogens is 298 g/mol. The van der Waals surface area contributed by atoms with Crippen LogP contribution in [0.3, 0.4) is 0 Å². The lowest BCUT2D eigenvalue weighted by Gasteiger charge is -2.35. The van der Waals surface area contributed by atoms with Gasteiger partial charge in [0.15, 0.2) is 0 Å². The van der Waals surface area contributed by atoms with Gasteiger partial charge >= 0.3 is 0 Å². The molecule has 0 atom stereocenters. The standard InChI is InChI=1S/C19H23N5/c1-13-16(19-11-21-17-6-2-3-7-18(17)22-19)12-24(23-13)15-9-14(10-15)5-4-8-20/h2-3,6-7,11-12,14-15H,4-5,8-10,20H2,1H3/t14-,15-. The summed E-state index contributed by atoms with van der Waals surface area (Å²) in [7, 11) is 0. The third-order valence-corrected chi connectivity index (χ3v) is 5.04. The van der Waals surface area contributed by atoms with Crippen molar-refractivity contribution in [1.82, 2.24) is 19.7 Å². The van der Waals surface area contributed by atoms with Crippen LogP contribution in [0.25, 0.3) is 22.3 Å². The SMILES string of the molecule is Cc1nn([C@H]2C[C@H](CCCN)C2)cc1-c1cnc2ccccc2n1. The maximum absolute atomic E-state index is 5.60. The number of nitrogens with zero attached hydrogens (tertiary/aromatic N) is 4. The highest BCUT2D eigenvalue weighted by Gasteiger charge is 2.31. The molecule has 0 aliphatic heterocycles. The van der Waals surface area contributed by atoms with E-state index < -0.39 is 0 Å². The van der Waals surface area contributed by atoms with Gasteiger partial charge in [0.05, 0.1) is 34.7 Å². The van der Waals surface area contributed by atoms with Crippen molar-refractivity contribution >= 4 is 11.0 Å². The minimum absolute atomic E-state index is 0.522. The Bertz CT molecular complexity index is 848. The van der Waals surface area contributed by atoms with Crippen molar-refractivity contribution < 1.29 is 0 Å². The monoisotopic (exact) mass is 321 g/mol. The number of rotatable bonds is 5. The highest BCUT2D eigenvalue weighted by Crippen LogP contribution is 2.40. The highest BCUT2D eigenvalue weighted by molar-refractivity contribution is 5.77. The Morgan fingerprint density at radius 3 is 2.79 bits per heavy atom. The van der Waals surface area contributed by atoms with Gasteiger partial charge < -0.3 is 5.73 Å². The van der Waals surface area contributed by atoms with E-state index in [2.05, 4.69) is 15.9 Å². The van der Waals surface area contributed by atoms with Gasteiger partial charge in [0, 0.05) is 11.8 Å². The molecular formula is C19H23N5. The predicted octanol–water partition coefficient (Wildman–Crippen LogP) is 3.49. The van der Waals surface area contributed by atoms with Crippen LogP contribution in [0.2, 0.25) is 0 Å². The molecule has 2 heterocycles. The summed E-state index contributed by atoms with van der Waals surface area (Å²) in [5, 5.41) is 4.73. The molecule has 0 spiro atoms. The van der Waals surface area contributed by atoms with Gasteiger partial charge in [0.2, 0.25) is 0 Å². The average Bonchev–Trinajstić information content (AvgIpc) is 2.94. The average molecular weight is 321 g/mol. The van der Waals surface area contributed by atoms with Gasteiger partial charge in [-0.15, -0.1) is 0 Å². The van der Waals surface area contributed by atoms with Crippen LogP contribution in [0.5, 0.6) is 0 Å². The molecule has 4 rings (SSSR count). The third-order valence-electron chi connectivity index (χ3n) is 5.04. The van der Waals surface area contributed by atoms with Crippen LogP contribution in [0.15, 0.2) is 36.7 Å². The minimum Gasteiger partial charge on any atom is -0.330 e. The fourth-order valence-corrected chi connectivity index (χ4v) is 3.57. The predicted molar refractivity (Wildman–Crippen MR) is 95.5 cm³/mol. The van der Waals surface area contributed by atoms with Crippen molar-refractivity contribution in [1.29, 1.82) is 0 Å². The molecule has 2 aromatic heterocycles. The molecule has 1 aliphatic rings. The molecule has 1 saturated carbocycles. The van der Waals surface area contributed by atoms with E-state index in [4.69, 9.17) is 15.8 Å². The number of aryl methyl sites for hydroxylation is 1. The molecule has 1 aromatic carbocycles. The first-order valence-electron chi connectivity index (χ1n) is 8.72. The molecule has 5 heteroatoms. The fraction of sp³-hybridized carbons (Fsp3) is 0.421. The second-order valence-electron chi connectivity index (χ2n) is 6.77. The van der Waals surface area contributed by atoms with E-state index in [0.29, 0.717) is 6.04 Å². The Balaban J connectivity index is 1.55. The minimum atomic E-state index is 0.522. The number of para-hydroxylation sites is 2. The Labute approximate surface area is 141 Å². The molecule has 0 unspecified atom stereocenters. The zero-order valence-corrected chi connectivity index (χ0v) is 14.0. The third kappa shape index (κ3) is 2.80. The smallest absolute Gasteiger partial charge is 0.0927 e. The van der Waals surface area contributed by atoms with Gasteiger partial charge in [0.25, 0.3) is 0 Å². The zero-order valence-electron chi connectivity index (χ0n) is 14.0. The Hall–Kier alpha value is -2.27. The lowest BCUT2D eigenvalue weighted by molar-refractivity contribution is 0.171. The van der Waals surface area contributed by atoms with Gasteiger partial charge in [-0.2, -0.15) is 5.10 Å². The number of hydrogen-bond donors (Lipinski definition) is 1. The van der Waals surface area contributed by atoms with Gasteiger partial charge in [-0.25, -0.2) is 4.98 Å². The summed E-state index contributed by atoms with van der Waals surface area (Å²) in [5.41, 5.74) is 10.4. The van der Waals surface area contributed by atoms with E-state index in [-0.39, 0.29) is 0 Å². The first kappa shape index (κ1) is 15.3. The van der Waals surface area contributed by atoms with Gasteiger partial charge in [0.1, 0.15) is 0 Å². The number of aromatic nitrogens is 4. The number of nitrogens with two attached hydrogens (primary N) is 1. The van der Waals surface area contributed by atoms with Crippen LogP contribution in [-0.2, 0) is 0 Å². The Morgan fingerprint density at radius 1 is 1.21 bits per heavy atom. The lowest BCUT2D eigenvalue weighted by atomic mass is 9.77. The normalized spacial score (nSPS) is 20.2. The summed E-state index contributed by atoms with van der Waals surface area (Å²) in [6, 6.07) is 8.48. The molecule has 0 bridgehead atoms. The molecule has 1 aliphatic carbocycles. The van der Waals surface area contributed by atoms with E-state index in [1.54, 1.807) is 0 Å². The van der Waals surface area contributed by atoms with Crippen LogP contribution in [-0.4, -0.2) is 26.3 Å². The molecule has 2 N–H and O–H groups in total. The number of fused-ring (bicyclic) bond motifs is 1. The summed E-state index contributed by atoms with van der Waals surface area (Å²) < 4.78 is 2.13. The molecule has 0 amide bonds. The van der Waals surface area contributed by atoms with E-state index in [9.17, 15) is 0 Å². The summed E-state index contributed by atoms with van der Waals surface area (Å²) in [4.78, 5) is 9.27. The van der Waals surface area contributed by atoms with Gasteiger partial charge in [-0.1, -0.05) is 12.1 Å². The van der Waals surface area contributed by atoms with Crippen molar-refractivity contribution in [2.75, 3.05) is 6.54 Å². The molecule has 0 radical (unpaired) electrons. The summed E-state index contributed by atoms with van der Waals surface area (Å²) in [5.74, 6) is 0.812. The van der Waals surface area contributed by atoms with E-state index in [1.807, 2.05) is 37.4 Å². The maximum Gasteiger partial charge on any atom is 0.0927 e. The van der Waals surface area contributed by atoms with Crippen LogP contribution in [0, 0.1) is 12.8 Å². The van der Waals surface area contributed by atoms with Gasteiger partial charge in [-0.3, -0.25) is 9.67 Å². The largest absolute Gasteiger partial charge is 0.330 e. The summed E-state index contributed by atoms with van der Waals surface area (Å²) >= 11 is 0.